The number of anilines is 1. The van der Waals surface area contributed by atoms with Crippen LogP contribution in [0.25, 0.3) is 6.08 Å². The maximum Gasteiger partial charge on any atom is 0.333 e. The van der Waals surface area contributed by atoms with Crippen LogP contribution in [0.5, 0.6) is 11.5 Å². The van der Waals surface area contributed by atoms with Gasteiger partial charge in [0.15, 0.2) is 11.5 Å². The van der Waals surface area contributed by atoms with Gasteiger partial charge in [-0.1, -0.05) is 23.7 Å². The van der Waals surface area contributed by atoms with Crippen LogP contribution in [0.15, 0.2) is 48.2 Å². The van der Waals surface area contributed by atoms with E-state index in [1.165, 1.54) is 25.3 Å². The van der Waals surface area contributed by atoms with Crippen molar-refractivity contribution >= 4 is 35.3 Å². The van der Waals surface area contributed by atoms with Gasteiger partial charge in [0.1, 0.15) is 5.70 Å². The minimum Gasteiger partial charge on any atom is -0.504 e. The number of phenols is 1. The predicted octanol–water partition coefficient (Wildman–Crippen LogP) is 3.15. The Morgan fingerprint density at radius 1 is 1.21 bits per heavy atom. The van der Waals surface area contributed by atoms with Gasteiger partial charge in [-0.3, -0.25) is 4.79 Å². The number of phenolic OH excluding ortho intramolecular Hbond substituents is 1. The van der Waals surface area contributed by atoms with Gasteiger partial charge in [-0.05, 0) is 42.0 Å². The van der Waals surface area contributed by atoms with Crippen molar-refractivity contribution in [2.45, 2.75) is 0 Å². The first-order valence-corrected chi connectivity index (χ1v) is 7.37. The van der Waals surface area contributed by atoms with Gasteiger partial charge in [0.2, 0.25) is 0 Å². The number of rotatable bonds is 3. The minimum absolute atomic E-state index is 0.0599. The Hall–Kier alpha value is -2.99. The number of amides is 3. The van der Waals surface area contributed by atoms with Crippen molar-refractivity contribution in [3.05, 3.63) is 58.7 Å². The normalized spacial score (nSPS) is 15.8. The number of benzene rings is 2. The molecule has 3 rings (SSSR count). The Morgan fingerprint density at radius 2 is 2.00 bits per heavy atom. The fraction of sp³-hybridized carbons (Fsp3) is 0.0588. The summed E-state index contributed by atoms with van der Waals surface area (Å²) in [6.07, 6.45) is 1.48. The van der Waals surface area contributed by atoms with E-state index < -0.39 is 11.9 Å². The van der Waals surface area contributed by atoms with Crippen molar-refractivity contribution in [2.75, 3.05) is 12.0 Å². The average molecular weight is 345 g/mol. The van der Waals surface area contributed by atoms with E-state index in [0.717, 1.165) is 4.90 Å². The van der Waals surface area contributed by atoms with Crippen LogP contribution in [-0.4, -0.2) is 24.2 Å². The van der Waals surface area contributed by atoms with Gasteiger partial charge in [0, 0.05) is 5.02 Å². The molecule has 2 N–H and O–H groups in total. The maximum absolute atomic E-state index is 12.5. The number of halogens is 1. The van der Waals surface area contributed by atoms with E-state index in [1.807, 2.05) is 0 Å². The topological polar surface area (TPSA) is 78.9 Å². The second-order valence-corrected chi connectivity index (χ2v) is 5.48. The lowest BCUT2D eigenvalue weighted by molar-refractivity contribution is -0.113. The predicted molar refractivity (Wildman–Crippen MR) is 90.1 cm³/mol. The smallest absolute Gasteiger partial charge is 0.333 e. The number of aromatic hydroxyl groups is 1. The molecule has 0 aliphatic carbocycles. The molecule has 0 aromatic heterocycles. The molecule has 0 bridgehead atoms. The summed E-state index contributed by atoms with van der Waals surface area (Å²) < 4.78 is 4.97. The monoisotopic (exact) mass is 344 g/mol. The second-order valence-electron chi connectivity index (χ2n) is 5.04. The molecule has 0 spiro atoms. The molecule has 1 aliphatic rings. The number of ether oxygens (including phenoxy) is 1. The summed E-state index contributed by atoms with van der Waals surface area (Å²) in [5.74, 6) is -0.243. The molecule has 6 nitrogen and oxygen atoms in total. The van der Waals surface area contributed by atoms with Crippen LogP contribution in [0, 0.1) is 0 Å². The van der Waals surface area contributed by atoms with E-state index >= 15 is 0 Å². The first-order chi connectivity index (χ1) is 11.5. The van der Waals surface area contributed by atoms with E-state index in [9.17, 15) is 14.7 Å². The van der Waals surface area contributed by atoms with Gasteiger partial charge < -0.3 is 15.2 Å². The average Bonchev–Trinajstić information content (AvgIpc) is 2.81. The maximum atomic E-state index is 12.5. The zero-order valence-corrected chi connectivity index (χ0v) is 13.4. The first kappa shape index (κ1) is 15.9. The molecule has 2 aromatic carbocycles. The van der Waals surface area contributed by atoms with Crippen LogP contribution < -0.4 is 15.0 Å². The van der Waals surface area contributed by atoms with Crippen LogP contribution in [-0.2, 0) is 4.79 Å². The van der Waals surface area contributed by atoms with E-state index in [4.69, 9.17) is 16.3 Å². The van der Waals surface area contributed by atoms with Crippen molar-refractivity contribution in [2.24, 2.45) is 0 Å². The highest BCUT2D eigenvalue weighted by Gasteiger charge is 2.34. The minimum atomic E-state index is -0.564. The molecule has 2 aromatic rings. The Bertz CT molecular complexity index is 863. The molecule has 1 aliphatic heterocycles. The number of urea groups is 1. The zero-order valence-electron chi connectivity index (χ0n) is 12.6. The molecule has 0 atom stereocenters. The SMILES string of the molecule is COc1ccc(C=C2NC(=O)N(c3cccc(Cl)c3)C2=O)cc1O. The number of hydrogen-bond acceptors (Lipinski definition) is 4. The molecule has 7 heteroatoms. The Morgan fingerprint density at radius 3 is 2.67 bits per heavy atom. The van der Waals surface area contributed by atoms with E-state index in [1.54, 1.807) is 30.3 Å². The third-order valence-corrected chi connectivity index (χ3v) is 3.69. The molecule has 0 radical (unpaired) electrons. The van der Waals surface area contributed by atoms with Gasteiger partial charge >= 0.3 is 6.03 Å². The number of nitrogens with one attached hydrogen (secondary N) is 1. The molecule has 0 unspecified atom stereocenters. The van der Waals surface area contributed by atoms with E-state index in [-0.39, 0.29) is 11.4 Å². The van der Waals surface area contributed by atoms with Crippen molar-refractivity contribution < 1.29 is 19.4 Å². The molecule has 3 amide bonds. The number of carbonyl (C=O) groups excluding carboxylic acids is 2. The lowest BCUT2D eigenvalue weighted by atomic mass is 10.1. The highest BCUT2D eigenvalue weighted by Crippen LogP contribution is 2.28. The van der Waals surface area contributed by atoms with Crippen molar-refractivity contribution in [1.29, 1.82) is 0 Å². The van der Waals surface area contributed by atoms with Crippen LogP contribution in [0.1, 0.15) is 5.56 Å². The number of hydrogen-bond donors (Lipinski definition) is 2. The Labute approximate surface area is 142 Å². The quantitative estimate of drug-likeness (QED) is 0.662. The Kier molecular flexibility index (Phi) is 4.14. The summed E-state index contributed by atoms with van der Waals surface area (Å²) >= 11 is 5.91. The van der Waals surface area contributed by atoms with Gasteiger partial charge in [-0.25, -0.2) is 9.69 Å². The number of imide groups is 1. The van der Waals surface area contributed by atoms with Crippen LogP contribution >= 0.6 is 11.6 Å². The summed E-state index contributed by atoms with van der Waals surface area (Å²) in [5, 5.41) is 12.7. The fourth-order valence-electron chi connectivity index (χ4n) is 2.35. The van der Waals surface area contributed by atoms with Crippen molar-refractivity contribution in [3.63, 3.8) is 0 Å². The fourth-order valence-corrected chi connectivity index (χ4v) is 2.53. The van der Waals surface area contributed by atoms with Gasteiger partial charge in [0.05, 0.1) is 12.8 Å². The molecular formula is C17H13ClN2O4. The number of carbonyl (C=O) groups is 2. The van der Waals surface area contributed by atoms with Gasteiger partial charge in [0.25, 0.3) is 5.91 Å². The highest BCUT2D eigenvalue weighted by molar-refractivity contribution is 6.32. The van der Waals surface area contributed by atoms with Crippen LogP contribution in [0.4, 0.5) is 10.5 Å². The zero-order chi connectivity index (χ0) is 17.3. The lowest BCUT2D eigenvalue weighted by Gasteiger charge is -2.11. The highest BCUT2D eigenvalue weighted by atomic mass is 35.5. The van der Waals surface area contributed by atoms with E-state index in [2.05, 4.69) is 5.32 Å². The van der Waals surface area contributed by atoms with Crippen LogP contribution in [0.3, 0.4) is 0 Å². The molecule has 1 fully saturated rings. The third-order valence-electron chi connectivity index (χ3n) is 3.46. The molecular weight excluding hydrogens is 332 g/mol. The van der Waals surface area contributed by atoms with Gasteiger partial charge in [-0.2, -0.15) is 0 Å². The molecule has 1 heterocycles. The summed E-state index contributed by atoms with van der Waals surface area (Å²) in [4.78, 5) is 25.6. The molecule has 122 valence electrons. The van der Waals surface area contributed by atoms with Crippen molar-refractivity contribution in [1.82, 2.24) is 5.32 Å². The number of nitrogens with zero attached hydrogens (tertiary/aromatic N) is 1. The summed E-state index contributed by atoms with van der Waals surface area (Å²) in [7, 11) is 1.44. The molecule has 24 heavy (non-hydrogen) atoms. The van der Waals surface area contributed by atoms with E-state index in [0.29, 0.717) is 22.0 Å². The summed E-state index contributed by atoms with van der Waals surface area (Å²) in [6, 6.07) is 10.6. The summed E-state index contributed by atoms with van der Waals surface area (Å²) in [5.41, 5.74) is 1.03. The Balaban J connectivity index is 1.92. The third kappa shape index (κ3) is 2.91. The second kappa shape index (κ2) is 6.25. The molecule has 1 saturated heterocycles. The molecule has 0 saturated carbocycles. The summed E-state index contributed by atoms with van der Waals surface area (Å²) in [6.45, 7) is 0. The largest absolute Gasteiger partial charge is 0.504 e. The first-order valence-electron chi connectivity index (χ1n) is 6.99. The standard InChI is InChI=1S/C17H13ClN2O4/c1-24-15-6-5-10(8-14(15)21)7-13-16(22)20(17(23)19-13)12-4-2-3-11(18)9-12/h2-9,21H,1H3,(H,19,23). The number of methoxy groups -OCH3 is 1. The lowest BCUT2D eigenvalue weighted by Crippen LogP contribution is -2.30. The van der Waals surface area contributed by atoms with Gasteiger partial charge in [-0.15, -0.1) is 0 Å². The van der Waals surface area contributed by atoms with Crippen molar-refractivity contribution in [3.8, 4) is 11.5 Å². The van der Waals surface area contributed by atoms with Crippen LogP contribution in [0.2, 0.25) is 5.02 Å².